The van der Waals surface area contributed by atoms with Gasteiger partial charge in [0.05, 0.1) is 17.5 Å². The summed E-state index contributed by atoms with van der Waals surface area (Å²) < 4.78 is 23.2. The van der Waals surface area contributed by atoms with Gasteiger partial charge in [-0.05, 0) is 41.8 Å². The summed E-state index contributed by atoms with van der Waals surface area (Å²) in [5.41, 5.74) is 3.70. The summed E-state index contributed by atoms with van der Waals surface area (Å²) in [4.78, 5) is 12.5. The molecular formula is C24H24N2O3S. The third-order valence-corrected chi connectivity index (χ3v) is 7.06. The van der Waals surface area contributed by atoms with Crippen molar-refractivity contribution >= 4 is 21.4 Å². The molecule has 4 rings (SSSR count). The average molecular weight is 421 g/mol. The molecule has 6 heteroatoms. The normalized spacial score (nSPS) is 17.6. The van der Waals surface area contributed by atoms with Crippen LogP contribution in [-0.2, 0) is 9.84 Å². The van der Waals surface area contributed by atoms with Gasteiger partial charge in [0.25, 0.3) is 5.91 Å². The molecule has 5 nitrogen and oxygen atoms in total. The van der Waals surface area contributed by atoms with E-state index < -0.39 is 9.84 Å². The number of carbonyl (C=O) groups excluding carboxylic acids is 1. The monoisotopic (exact) mass is 420 g/mol. The summed E-state index contributed by atoms with van der Waals surface area (Å²) in [5, 5.41) is 6.37. The van der Waals surface area contributed by atoms with Crippen molar-refractivity contribution in [2.75, 3.05) is 16.8 Å². The molecule has 1 aliphatic rings. The van der Waals surface area contributed by atoms with Gasteiger partial charge in [0.15, 0.2) is 9.84 Å². The van der Waals surface area contributed by atoms with E-state index in [0.29, 0.717) is 12.0 Å². The fraction of sp³-hybridized carbons (Fsp3) is 0.208. The first-order chi connectivity index (χ1) is 14.5. The summed E-state index contributed by atoms with van der Waals surface area (Å²) in [7, 11) is -3.02. The highest BCUT2D eigenvalue weighted by atomic mass is 32.2. The zero-order chi connectivity index (χ0) is 21.0. The quantitative estimate of drug-likeness (QED) is 0.636. The predicted octanol–water partition coefficient (Wildman–Crippen LogP) is 3.81. The predicted molar refractivity (Wildman–Crippen MR) is 119 cm³/mol. The molecule has 0 aliphatic carbocycles. The maximum atomic E-state index is 12.5. The van der Waals surface area contributed by atoms with E-state index in [1.807, 2.05) is 48.5 Å². The Morgan fingerprint density at radius 1 is 0.833 bits per heavy atom. The van der Waals surface area contributed by atoms with Crippen LogP contribution in [-0.4, -0.2) is 31.9 Å². The Kier molecular flexibility index (Phi) is 5.86. The van der Waals surface area contributed by atoms with Crippen molar-refractivity contribution in [1.29, 1.82) is 0 Å². The molecule has 0 spiro atoms. The molecule has 1 aliphatic heterocycles. The Labute approximate surface area is 177 Å². The highest BCUT2D eigenvalue weighted by molar-refractivity contribution is 7.91. The van der Waals surface area contributed by atoms with E-state index in [1.165, 1.54) is 0 Å². The molecule has 0 unspecified atom stereocenters. The van der Waals surface area contributed by atoms with Crippen LogP contribution >= 0.6 is 0 Å². The second-order valence-corrected chi connectivity index (χ2v) is 9.78. The van der Waals surface area contributed by atoms with E-state index in [9.17, 15) is 13.2 Å². The molecule has 154 valence electrons. The Balaban J connectivity index is 1.48. The average Bonchev–Trinajstić information content (AvgIpc) is 3.11. The molecule has 1 atom stereocenters. The summed E-state index contributed by atoms with van der Waals surface area (Å²) in [6, 6.07) is 27.3. The Morgan fingerprint density at radius 2 is 1.40 bits per heavy atom. The Hall–Kier alpha value is -3.12. The summed E-state index contributed by atoms with van der Waals surface area (Å²) in [5.74, 6) is -0.0821. The molecule has 1 amide bonds. The van der Waals surface area contributed by atoms with Crippen LogP contribution < -0.4 is 10.6 Å². The number of hydrogen-bond donors (Lipinski definition) is 2. The van der Waals surface area contributed by atoms with Crippen molar-refractivity contribution in [2.24, 2.45) is 0 Å². The number of anilines is 1. The van der Waals surface area contributed by atoms with Crippen LogP contribution in [0.2, 0.25) is 0 Å². The molecule has 1 saturated heterocycles. The number of carbonyl (C=O) groups is 1. The molecule has 0 aromatic heterocycles. The lowest BCUT2D eigenvalue weighted by atomic mass is 9.98. The lowest BCUT2D eigenvalue weighted by molar-refractivity contribution is 0.0941. The molecular weight excluding hydrogens is 396 g/mol. The third kappa shape index (κ3) is 4.89. The number of rotatable bonds is 6. The van der Waals surface area contributed by atoms with Gasteiger partial charge in [0.1, 0.15) is 0 Å². The topological polar surface area (TPSA) is 75.3 Å². The highest BCUT2D eigenvalue weighted by Gasteiger charge is 2.29. The number of nitrogens with one attached hydrogen (secondary N) is 2. The molecule has 0 saturated carbocycles. The number of amides is 1. The SMILES string of the molecule is O=C(N[C@H]1CCS(=O)(=O)C1)c1ccc(NC(c2ccccc2)c2ccccc2)cc1. The summed E-state index contributed by atoms with van der Waals surface area (Å²) in [6.07, 6.45) is 0.476. The summed E-state index contributed by atoms with van der Waals surface area (Å²) in [6.45, 7) is 0. The van der Waals surface area contributed by atoms with Gasteiger partial charge in [0.2, 0.25) is 0 Å². The molecule has 30 heavy (non-hydrogen) atoms. The van der Waals surface area contributed by atoms with Gasteiger partial charge < -0.3 is 10.6 Å². The Bertz CT molecular complexity index is 1060. The van der Waals surface area contributed by atoms with E-state index in [4.69, 9.17) is 0 Å². The van der Waals surface area contributed by atoms with Crippen LogP contribution in [0.25, 0.3) is 0 Å². The van der Waals surface area contributed by atoms with E-state index in [0.717, 1.165) is 16.8 Å². The number of sulfone groups is 1. The van der Waals surface area contributed by atoms with Gasteiger partial charge in [-0.3, -0.25) is 4.79 Å². The van der Waals surface area contributed by atoms with Crippen molar-refractivity contribution < 1.29 is 13.2 Å². The first kappa shape index (κ1) is 20.2. The molecule has 3 aromatic carbocycles. The minimum atomic E-state index is -3.02. The zero-order valence-electron chi connectivity index (χ0n) is 16.5. The molecule has 0 bridgehead atoms. The van der Waals surface area contributed by atoms with E-state index in [2.05, 4.69) is 34.9 Å². The van der Waals surface area contributed by atoms with Crippen molar-refractivity contribution in [3.8, 4) is 0 Å². The zero-order valence-corrected chi connectivity index (χ0v) is 17.3. The van der Waals surface area contributed by atoms with Crippen molar-refractivity contribution in [1.82, 2.24) is 5.32 Å². The van der Waals surface area contributed by atoms with Crippen molar-refractivity contribution in [2.45, 2.75) is 18.5 Å². The van der Waals surface area contributed by atoms with Crippen LogP contribution in [0.5, 0.6) is 0 Å². The fourth-order valence-corrected chi connectivity index (χ4v) is 5.39. The smallest absolute Gasteiger partial charge is 0.251 e. The molecule has 1 fully saturated rings. The van der Waals surface area contributed by atoms with Crippen LogP contribution in [0.3, 0.4) is 0 Å². The molecule has 2 N–H and O–H groups in total. The first-order valence-corrected chi connectivity index (χ1v) is 11.8. The van der Waals surface area contributed by atoms with Gasteiger partial charge in [-0.1, -0.05) is 60.7 Å². The molecule has 0 radical (unpaired) electrons. The van der Waals surface area contributed by atoms with Crippen molar-refractivity contribution in [3.05, 3.63) is 102 Å². The van der Waals surface area contributed by atoms with Crippen LogP contribution in [0.15, 0.2) is 84.9 Å². The first-order valence-electron chi connectivity index (χ1n) is 9.98. The largest absolute Gasteiger partial charge is 0.374 e. The van der Waals surface area contributed by atoms with Crippen LogP contribution in [0, 0.1) is 0 Å². The standard InChI is InChI=1S/C24H24N2O3S/c27-24(26-22-15-16-30(28,29)17-22)20-11-13-21(14-12-20)25-23(18-7-3-1-4-8-18)19-9-5-2-6-10-19/h1-14,22-23,25H,15-17H2,(H,26,27)/t22-/m0/s1. The molecule has 1 heterocycles. The van der Waals surface area contributed by atoms with E-state index in [1.54, 1.807) is 12.1 Å². The number of hydrogen-bond acceptors (Lipinski definition) is 4. The maximum Gasteiger partial charge on any atom is 0.251 e. The van der Waals surface area contributed by atoms with E-state index in [-0.39, 0.29) is 29.5 Å². The molecule has 3 aromatic rings. The lowest BCUT2D eigenvalue weighted by Gasteiger charge is -2.21. The van der Waals surface area contributed by atoms with Gasteiger partial charge in [-0.2, -0.15) is 0 Å². The minimum absolute atomic E-state index is 0.0178. The second-order valence-electron chi connectivity index (χ2n) is 7.55. The van der Waals surface area contributed by atoms with Crippen LogP contribution in [0.4, 0.5) is 5.69 Å². The van der Waals surface area contributed by atoms with Crippen molar-refractivity contribution in [3.63, 3.8) is 0 Å². The minimum Gasteiger partial charge on any atom is -0.374 e. The van der Waals surface area contributed by atoms with Gasteiger partial charge in [0, 0.05) is 17.3 Å². The van der Waals surface area contributed by atoms with Gasteiger partial charge >= 0.3 is 0 Å². The lowest BCUT2D eigenvalue weighted by Crippen LogP contribution is -2.35. The fourth-order valence-electron chi connectivity index (χ4n) is 3.71. The van der Waals surface area contributed by atoms with E-state index >= 15 is 0 Å². The maximum absolute atomic E-state index is 12.5. The van der Waals surface area contributed by atoms with Gasteiger partial charge in [-0.15, -0.1) is 0 Å². The third-order valence-electron chi connectivity index (χ3n) is 5.29. The Morgan fingerprint density at radius 3 is 1.90 bits per heavy atom. The number of benzene rings is 3. The van der Waals surface area contributed by atoms with Crippen LogP contribution in [0.1, 0.15) is 33.9 Å². The van der Waals surface area contributed by atoms with Gasteiger partial charge in [-0.25, -0.2) is 8.42 Å². The second kappa shape index (κ2) is 8.71. The summed E-state index contributed by atoms with van der Waals surface area (Å²) >= 11 is 0. The highest BCUT2D eigenvalue weighted by Crippen LogP contribution is 2.26.